The Bertz CT molecular complexity index is 368. The van der Waals surface area contributed by atoms with Crippen molar-refractivity contribution < 1.29 is 17.2 Å². The second-order valence-corrected chi connectivity index (χ2v) is 8.49. The van der Waals surface area contributed by atoms with Crippen molar-refractivity contribution in [3.05, 3.63) is 0 Å². The van der Waals surface area contributed by atoms with Crippen molar-refractivity contribution >= 4 is 10.4 Å². The monoisotopic (exact) mass is 378 g/mol. The highest BCUT2D eigenvalue weighted by molar-refractivity contribution is 7.80. The van der Waals surface area contributed by atoms with E-state index in [1.807, 2.05) is 0 Å². The van der Waals surface area contributed by atoms with Crippen molar-refractivity contribution in [1.29, 1.82) is 0 Å². The molecule has 0 bridgehead atoms. The Labute approximate surface area is 157 Å². The van der Waals surface area contributed by atoms with Gasteiger partial charge in [-0.05, 0) is 18.8 Å². The molecule has 0 aliphatic rings. The van der Waals surface area contributed by atoms with Crippen LogP contribution in [-0.4, -0.2) is 19.6 Å². The van der Waals surface area contributed by atoms with Crippen molar-refractivity contribution in [2.24, 2.45) is 5.92 Å². The van der Waals surface area contributed by atoms with Crippen LogP contribution in [0.1, 0.15) is 117 Å². The molecule has 0 aromatic carbocycles. The van der Waals surface area contributed by atoms with Gasteiger partial charge in [-0.25, -0.2) is 4.18 Å². The topological polar surface area (TPSA) is 63.6 Å². The summed E-state index contributed by atoms with van der Waals surface area (Å²) in [5.74, 6) is 0.244. The number of hydrogen-bond donors (Lipinski definition) is 1. The second kappa shape index (κ2) is 17.3. The number of hydrogen-bond acceptors (Lipinski definition) is 3. The van der Waals surface area contributed by atoms with E-state index in [0.29, 0.717) is 0 Å². The van der Waals surface area contributed by atoms with E-state index < -0.39 is 10.4 Å². The first-order chi connectivity index (χ1) is 12.0. The molecule has 0 aliphatic carbocycles. The van der Waals surface area contributed by atoms with Gasteiger partial charge in [0.15, 0.2) is 0 Å². The van der Waals surface area contributed by atoms with Gasteiger partial charge in [0.1, 0.15) is 0 Å². The fraction of sp³-hybridized carbons (Fsp3) is 1.00. The van der Waals surface area contributed by atoms with E-state index >= 15 is 0 Å². The van der Waals surface area contributed by atoms with Crippen LogP contribution in [0.2, 0.25) is 0 Å². The van der Waals surface area contributed by atoms with E-state index in [2.05, 4.69) is 18.0 Å². The maximum Gasteiger partial charge on any atom is 0.397 e. The van der Waals surface area contributed by atoms with Crippen LogP contribution in [0.25, 0.3) is 0 Å². The minimum absolute atomic E-state index is 0.129. The van der Waals surface area contributed by atoms with Gasteiger partial charge in [-0.15, -0.1) is 0 Å². The molecule has 0 rings (SSSR count). The quantitative estimate of drug-likeness (QED) is 0.200. The minimum Gasteiger partial charge on any atom is -0.264 e. The molecule has 1 unspecified atom stereocenters. The summed E-state index contributed by atoms with van der Waals surface area (Å²) in [4.78, 5) is 0. The lowest BCUT2D eigenvalue weighted by atomic mass is 9.95. The molecule has 0 fully saturated rings. The third-order valence-electron chi connectivity index (χ3n) is 4.88. The molecule has 0 amide bonds. The zero-order valence-electron chi connectivity index (χ0n) is 16.7. The molecule has 0 saturated heterocycles. The molecule has 1 N–H and O–H groups in total. The third kappa shape index (κ3) is 20.0. The third-order valence-corrected chi connectivity index (χ3v) is 5.32. The van der Waals surface area contributed by atoms with Gasteiger partial charge in [0.05, 0.1) is 6.61 Å². The van der Waals surface area contributed by atoms with Gasteiger partial charge in [-0.2, -0.15) is 8.42 Å². The molecule has 0 aliphatic heterocycles. The number of unbranched alkanes of at least 4 members (excludes halogenated alkanes) is 12. The first-order valence-corrected chi connectivity index (χ1v) is 12.0. The molecule has 1 atom stereocenters. The summed E-state index contributed by atoms with van der Waals surface area (Å²) in [6.07, 6.45) is 19.7. The summed E-state index contributed by atoms with van der Waals surface area (Å²) >= 11 is 0. The summed E-state index contributed by atoms with van der Waals surface area (Å²) in [6.45, 7) is 4.57. The van der Waals surface area contributed by atoms with Crippen LogP contribution in [0.5, 0.6) is 0 Å². The van der Waals surface area contributed by atoms with Gasteiger partial charge in [-0.1, -0.05) is 104 Å². The molecule has 0 aromatic heterocycles. The molecule has 25 heavy (non-hydrogen) atoms. The highest BCUT2D eigenvalue weighted by Crippen LogP contribution is 2.20. The zero-order chi connectivity index (χ0) is 18.8. The van der Waals surface area contributed by atoms with Crippen LogP contribution in [0.4, 0.5) is 0 Å². The van der Waals surface area contributed by atoms with Gasteiger partial charge >= 0.3 is 10.4 Å². The summed E-state index contributed by atoms with van der Waals surface area (Å²) < 4.78 is 35.0. The fourth-order valence-electron chi connectivity index (χ4n) is 3.27. The van der Waals surface area contributed by atoms with E-state index in [-0.39, 0.29) is 12.5 Å². The maximum absolute atomic E-state index is 10.8. The molecular weight excluding hydrogens is 336 g/mol. The van der Waals surface area contributed by atoms with Crippen molar-refractivity contribution in [2.75, 3.05) is 6.61 Å². The Kier molecular flexibility index (Phi) is 17.2. The highest BCUT2D eigenvalue weighted by atomic mass is 32.3. The Morgan fingerprint density at radius 1 is 0.680 bits per heavy atom. The van der Waals surface area contributed by atoms with Crippen molar-refractivity contribution in [3.8, 4) is 0 Å². The predicted molar refractivity (Wildman–Crippen MR) is 106 cm³/mol. The summed E-state index contributed by atoms with van der Waals surface area (Å²) in [6, 6.07) is 0. The average Bonchev–Trinajstić information content (AvgIpc) is 2.56. The molecule has 0 spiro atoms. The smallest absolute Gasteiger partial charge is 0.264 e. The van der Waals surface area contributed by atoms with Gasteiger partial charge in [0.25, 0.3) is 0 Å². The van der Waals surface area contributed by atoms with Gasteiger partial charge in [0.2, 0.25) is 0 Å². The standard InChI is InChI=1S/C20H42O4S/c1-3-5-7-9-10-11-12-14-16-18-20(19-24-25(21,22)23)17-15-13-8-6-4-2/h20H,3-19H2,1-2H3,(H,21,22,23). The van der Waals surface area contributed by atoms with Crippen molar-refractivity contribution in [2.45, 2.75) is 117 Å². The molecular formula is C20H42O4S. The fourth-order valence-corrected chi connectivity index (χ4v) is 3.64. The molecule has 152 valence electrons. The predicted octanol–water partition coefficient (Wildman–Crippen LogP) is 6.70. The molecule has 0 aromatic rings. The molecule has 0 radical (unpaired) electrons. The highest BCUT2D eigenvalue weighted by Gasteiger charge is 2.13. The Morgan fingerprint density at radius 3 is 1.40 bits per heavy atom. The second-order valence-electron chi connectivity index (χ2n) is 7.40. The molecule has 0 saturated carbocycles. The minimum atomic E-state index is -4.31. The maximum atomic E-state index is 10.8. The zero-order valence-corrected chi connectivity index (χ0v) is 17.5. The largest absolute Gasteiger partial charge is 0.397 e. The average molecular weight is 379 g/mol. The molecule has 4 nitrogen and oxygen atoms in total. The normalized spacial score (nSPS) is 13.2. The van der Waals surface area contributed by atoms with E-state index in [9.17, 15) is 8.42 Å². The van der Waals surface area contributed by atoms with Crippen LogP contribution in [0.15, 0.2) is 0 Å². The van der Waals surface area contributed by atoms with E-state index in [4.69, 9.17) is 4.55 Å². The lowest BCUT2D eigenvalue weighted by Crippen LogP contribution is -2.14. The van der Waals surface area contributed by atoms with Gasteiger partial charge in [-0.3, -0.25) is 4.55 Å². The van der Waals surface area contributed by atoms with Crippen LogP contribution < -0.4 is 0 Å². The lowest BCUT2D eigenvalue weighted by molar-refractivity contribution is 0.204. The summed E-state index contributed by atoms with van der Waals surface area (Å²) in [5, 5.41) is 0. The van der Waals surface area contributed by atoms with Gasteiger partial charge in [0, 0.05) is 0 Å². The van der Waals surface area contributed by atoms with Crippen LogP contribution in [0.3, 0.4) is 0 Å². The SMILES string of the molecule is CCCCCCCCCCCC(CCCCCCC)COS(=O)(=O)O. The molecule has 0 heterocycles. The Morgan fingerprint density at radius 2 is 1.04 bits per heavy atom. The summed E-state index contributed by atoms with van der Waals surface area (Å²) in [7, 11) is -4.31. The van der Waals surface area contributed by atoms with E-state index in [1.165, 1.54) is 77.0 Å². The first-order valence-electron chi connectivity index (χ1n) is 10.6. The van der Waals surface area contributed by atoms with Crippen LogP contribution in [-0.2, 0) is 14.6 Å². The molecule has 5 heteroatoms. The Hall–Kier alpha value is -0.130. The Balaban J connectivity index is 3.80. The van der Waals surface area contributed by atoms with Gasteiger partial charge < -0.3 is 0 Å². The van der Waals surface area contributed by atoms with Crippen LogP contribution >= 0.6 is 0 Å². The summed E-state index contributed by atoms with van der Waals surface area (Å²) in [5.41, 5.74) is 0. The first kappa shape index (κ1) is 24.9. The van der Waals surface area contributed by atoms with Crippen molar-refractivity contribution in [1.82, 2.24) is 0 Å². The van der Waals surface area contributed by atoms with E-state index in [0.717, 1.165) is 25.7 Å². The number of rotatable bonds is 19. The lowest BCUT2D eigenvalue weighted by Gasteiger charge is -2.16. The van der Waals surface area contributed by atoms with Crippen LogP contribution in [0, 0.1) is 5.92 Å². The van der Waals surface area contributed by atoms with Crippen molar-refractivity contribution in [3.63, 3.8) is 0 Å². The van der Waals surface area contributed by atoms with E-state index in [1.54, 1.807) is 0 Å².